The Labute approximate surface area is 411 Å². The molecule has 66 heavy (non-hydrogen) atoms. The van der Waals surface area contributed by atoms with Crippen molar-refractivity contribution < 1.29 is 21.1 Å². The van der Waals surface area contributed by atoms with E-state index in [1.807, 2.05) is 12.4 Å². The monoisotopic (exact) mass is 1050 g/mol. The Morgan fingerprint density at radius 1 is 0.500 bits per heavy atom. The summed E-state index contributed by atoms with van der Waals surface area (Å²) in [7, 11) is 0. The Morgan fingerprint density at radius 2 is 1.03 bits per heavy atom. The summed E-state index contributed by atoms with van der Waals surface area (Å²) >= 11 is 0. The second-order valence-electron chi connectivity index (χ2n) is 22.4. The Balaban J connectivity index is 0.00000720. The molecule has 0 bridgehead atoms. The minimum atomic E-state index is -0.142. The fraction of sp³-hybridized carbons (Fsp3) is 0.361. The van der Waals surface area contributed by atoms with Gasteiger partial charge in [-0.2, -0.15) is 0 Å². The van der Waals surface area contributed by atoms with Crippen LogP contribution in [0.4, 0.5) is 11.5 Å². The van der Waals surface area contributed by atoms with Gasteiger partial charge in [0.1, 0.15) is 5.82 Å². The van der Waals surface area contributed by atoms with E-state index in [9.17, 15) is 0 Å². The van der Waals surface area contributed by atoms with Crippen LogP contribution in [0.1, 0.15) is 155 Å². The molecular formula is C61H71N4Pt-. The van der Waals surface area contributed by atoms with Crippen LogP contribution in [-0.4, -0.2) is 15.0 Å². The molecule has 0 saturated carbocycles. The van der Waals surface area contributed by atoms with E-state index in [0.29, 0.717) is 17.8 Å². The fourth-order valence-corrected chi connectivity index (χ4v) is 8.58. The van der Waals surface area contributed by atoms with E-state index in [1.54, 1.807) is 0 Å². The van der Waals surface area contributed by atoms with Crippen molar-refractivity contribution in [1.29, 1.82) is 0 Å². The average Bonchev–Trinajstić information content (AvgIpc) is 3.25. The van der Waals surface area contributed by atoms with Crippen LogP contribution in [0.5, 0.6) is 0 Å². The molecule has 3 heterocycles. The predicted octanol–water partition coefficient (Wildman–Crippen LogP) is 17.3. The minimum absolute atomic E-state index is 0. The number of benzene rings is 4. The number of aromatic nitrogens is 3. The van der Waals surface area contributed by atoms with Crippen molar-refractivity contribution in [2.75, 3.05) is 5.32 Å². The van der Waals surface area contributed by atoms with Crippen LogP contribution in [0.2, 0.25) is 0 Å². The Morgan fingerprint density at radius 3 is 1.58 bits per heavy atom. The maximum absolute atomic E-state index is 5.29. The van der Waals surface area contributed by atoms with E-state index in [2.05, 4.69) is 224 Å². The van der Waals surface area contributed by atoms with E-state index < -0.39 is 0 Å². The zero-order valence-electron chi connectivity index (χ0n) is 42.1. The van der Waals surface area contributed by atoms with Gasteiger partial charge < -0.3 is 10.3 Å². The van der Waals surface area contributed by atoms with Crippen molar-refractivity contribution >= 4 is 11.5 Å². The van der Waals surface area contributed by atoms with Gasteiger partial charge in [-0.15, -0.1) is 23.8 Å². The van der Waals surface area contributed by atoms with Crippen LogP contribution >= 0.6 is 0 Å². The van der Waals surface area contributed by atoms with E-state index >= 15 is 0 Å². The molecule has 4 nitrogen and oxygen atoms in total. The van der Waals surface area contributed by atoms with Crippen LogP contribution in [-0.2, 0) is 38.3 Å². The van der Waals surface area contributed by atoms with E-state index in [-0.39, 0.29) is 37.3 Å². The molecule has 0 atom stereocenters. The normalized spacial score (nSPS) is 12.2. The van der Waals surface area contributed by atoms with Crippen LogP contribution in [0.15, 0.2) is 122 Å². The topological polar surface area (TPSA) is 50.7 Å². The van der Waals surface area contributed by atoms with Crippen molar-refractivity contribution in [1.82, 2.24) is 15.0 Å². The fourth-order valence-electron chi connectivity index (χ4n) is 8.58. The van der Waals surface area contributed by atoms with Gasteiger partial charge in [-0.1, -0.05) is 176 Å². The van der Waals surface area contributed by atoms with Crippen molar-refractivity contribution in [2.45, 2.75) is 139 Å². The molecule has 0 saturated heterocycles. The quantitative estimate of drug-likeness (QED) is 0.131. The average molecular weight is 1060 g/mol. The summed E-state index contributed by atoms with van der Waals surface area (Å²) in [6, 6.07) is 44.0. The summed E-state index contributed by atoms with van der Waals surface area (Å²) in [5, 5.41) is 3.78. The first-order chi connectivity index (χ1) is 30.5. The zero-order valence-corrected chi connectivity index (χ0v) is 44.4. The van der Waals surface area contributed by atoms with Gasteiger partial charge >= 0.3 is 0 Å². The number of pyridine rings is 3. The molecule has 7 rings (SSSR count). The molecule has 0 fully saturated rings. The third-order valence-corrected chi connectivity index (χ3v) is 12.4. The second-order valence-corrected chi connectivity index (χ2v) is 22.4. The molecule has 0 aliphatic carbocycles. The van der Waals surface area contributed by atoms with Crippen LogP contribution in [0, 0.1) is 11.5 Å². The minimum Gasteiger partial charge on any atom is -0.358 e. The summed E-state index contributed by atoms with van der Waals surface area (Å²) in [5.41, 5.74) is 19.4. The van der Waals surface area contributed by atoms with Gasteiger partial charge in [0.05, 0.1) is 11.4 Å². The molecule has 0 aliphatic heterocycles. The molecule has 4 aromatic carbocycles. The Hall–Kier alpha value is -5.18. The van der Waals surface area contributed by atoms with E-state index in [0.717, 1.165) is 57.3 Å². The Kier molecular flexibility index (Phi) is 15.2. The second kappa shape index (κ2) is 20.0. The number of nitrogens with zero attached hydrogens (tertiary/aromatic N) is 3. The molecule has 1 N–H and O–H groups in total. The molecule has 7 aromatic rings. The smallest absolute Gasteiger partial charge is 0.130 e. The summed E-state index contributed by atoms with van der Waals surface area (Å²) in [5.74, 6) is 1.84. The first-order valence-corrected chi connectivity index (χ1v) is 23.7. The number of rotatable bonds is 11. The number of hydrogen-bond acceptors (Lipinski definition) is 4. The first-order valence-electron chi connectivity index (χ1n) is 23.7. The van der Waals surface area contributed by atoms with Gasteiger partial charge in [0.2, 0.25) is 0 Å². The van der Waals surface area contributed by atoms with E-state index in [1.165, 1.54) is 50.1 Å². The molecule has 3 aromatic heterocycles. The largest absolute Gasteiger partial charge is 0.358 e. The predicted molar refractivity (Wildman–Crippen MR) is 278 cm³/mol. The van der Waals surface area contributed by atoms with Crippen molar-refractivity contribution in [3.05, 3.63) is 161 Å². The summed E-state index contributed by atoms with van der Waals surface area (Å²) in [4.78, 5) is 15.1. The summed E-state index contributed by atoms with van der Waals surface area (Å²) < 4.78 is 0. The van der Waals surface area contributed by atoms with Gasteiger partial charge in [-0.25, -0.2) is 4.98 Å². The third kappa shape index (κ3) is 12.0. The van der Waals surface area contributed by atoms with Gasteiger partial charge in [-0.05, 0) is 143 Å². The molecule has 346 valence electrons. The van der Waals surface area contributed by atoms with Crippen molar-refractivity contribution in [3.8, 4) is 56.0 Å². The van der Waals surface area contributed by atoms with Crippen molar-refractivity contribution in [2.24, 2.45) is 5.41 Å². The standard InChI is InChI=1S/C61H71N4.Pt/c1-38(2)46-31-52(39(3)4)58(53(32-46)40(5)6)48-28-47(54-34-49(25-27-62-54)60(10,11)12)29-51(30-48)64-57-36-50(61(13,14)15)35-56(65-57)55-33-45(24-26-63-55)44-22-20-43(21-23-44)42-18-16-41(17-19-42)37-59(7,8)9;/h16-28,30-36,38-40H,37H2,1-15H3,(H,64,65);/q-1;. The summed E-state index contributed by atoms with van der Waals surface area (Å²) in [6.45, 7) is 34.2. The molecule has 0 aliphatic rings. The van der Waals surface area contributed by atoms with E-state index in [4.69, 9.17) is 15.0 Å². The van der Waals surface area contributed by atoms with Crippen LogP contribution < -0.4 is 5.32 Å². The maximum atomic E-state index is 5.29. The maximum Gasteiger partial charge on any atom is 0.130 e. The molecule has 0 amide bonds. The molecule has 5 heteroatoms. The number of anilines is 2. The van der Waals surface area contributed by atoms with Gasteiger partial charge in [0.25, 0.3) is 0 Å². The molecule has 0 spiro atoms. The molecular weight excluding hydrogens is 984 g/mol. The third-order valence-electron chi connectivity index (χ3n) is 12.4. The molecule has 0 unspecified atom stereocenters. The van der Waals surface area contributed by atoms with Gasteiger partial charge in [0.15, 0.2) is 0 Å². The molecule has 0 radical (unpaired) electrons. The Bertz CT molecular complexity index is 2750. The number of nitrogens with one attached hydrogen (secondary N) is 1. The van der Waals surface area contributed by atoms with Gasteiger partial charge in [-0.3, -0.25) is 4.98 Å². The first kappa shape index (κ1) is 50.2. The van der Waals surface area contributed by atoms with Crippen LogP contribution in [0.25, 0.3) is 56.0 Å². The summed E-state index contributed by atoms with van der Waals surface area (Å²) in [6.07, 6.45) is 4.89. The van der Waals surface area contributed by atoms with Gasteiger partial charge in [0, 0.05) is 33.5 Å². The van der Waals surface area contributed by atoms with Crippen LogP contribution in [0.3, 0.4) is 0 Å². The van der Waals surface area contributed by atoms with Crippen molar-refractivity contribution in [3.63, 3.8) is 0 Å². The zero-order chi connectivity index (χ0) is 47.0. The number of hydrogen-bond donors (Lipinski definition) is 1. The SMILES string of the molecule is CC(C)c1cc(C(C)C)c(-c2cc(Nc3cc(C(C)(C)C)cc(-c4cc(-c5ccc(-c6ccc(CC(C)(C)C)cc6)cc5)ccn4)n3)[c-]c(-c3cc(C(C)(C)C)ccn3)c2)c(C(C)C)c1.[Pt].